The monoisotopic (exact) mass is 850 g/mol. The molecule has 0 spiro atoms. The Morgan fingerprint density at radius 1 is 0.339 bits per heavy atom. The van der Waals surface area contributed by atoms with E-state index < -0.39 is 14.3 Å². The van der Waals surface area contributed by atoms with Gasteiger partial charge < -0.3 is 18.6 Å². The standard InChI is InChI=1S/C56H52O4P2/c1-37-33-39(3)51(40(4)34-37)47-29-31-49(59-7)53(55(47)61(57,43-21-13-9-14-22-43)44-23-15-10-16-24-44)54-50(60-8)32-30-48(52-41(5)35-38(2)36-42(52)6)56(54)62(58,45-25-17-11-18-26-45)46-27-19-12-20-28-46/h9-36H,1-8H3. The molecule has 4 nitrogen and oxygen atoms in total. The van der Waals surface area contributed by atoms with Gasteiger partial charge in [0.25, 0.3) is 0 Å². The summed E-state index contributed by atoms with van der Waals surface area (Å²) in [5.74, 6) is 0.972. The largest absolute Gasteiger partial charge is 0.496 e. The number of hydrogen-bond acceptors (Lipinski definition) is 4. The van der Waals surface area contributed by atoms with Crippen LogP contribution >= 0.6 is 14.3 Å². The lowest BCUT2D eigenvalue weighted by molar-refractivity contribution is 0.411. The Morgan fingerprint density at radius 3 is 0.839 bits per heavy atom. The van der Waals surface area contributed by atoms with E-state index in [0.717, 1.165) is 55.6 Å². The van der Waals surface area contributed by atoms with E-state index in [9.17, 15) is 0 Å². The molecule has 6 heteroatoms. The molecule has 0 atom stereocenters. The van der Waals surface area contributed by atoms with Gasteiger partial charge in [-0.25, -0.2) is 0 Å². The molecule has 0 saturated carbocycles. The first-order valence-electron chi connectivity index (χ1n) is 21.0. The van der Waals surface area contributed by atoms with Gasteiger partial charge in [-0.15, -0.1) is 0 Å². The Bertz CT molecular complexity index is 2690. The molecule has 8 aromatic carbocycles. The van der Waals surface area contributed by atoms with Crippen LogP contribution in [0.25, 0.3) is 33.4 Å². The number of ether oxygens (including phenoxy) is 2. The lowest BCUT2D eigenvalue weighted by atomic mass is 9.88. The molecule has 0 unspecified atom stereocenters. The summed E-state index contributed by atoms with van der Waals surface area (Å²) >= 11 is 0. The first-order chi connectivity index (χ1) is 29.9. The van der Waals surface area contributed by atoms with Crippen LogP contribution in [0, 0.1) is 41.5 Å². The van der Waals surface area contributed by atoms with E-state index in [1.165, 1.54) is 0 Å². The second-order valence-corrected chi connectivity index (χ2v) is 21.6. The minimum atomic E-state index is -3.86. The SMILES string of the molecule is COc1ccc(-c2c(C)cc(C)cc2C)c(P(=O)(c2ccccc2)c2ccccc2)c1-c1c(OC)ccc(-c2c(C)cc(C)cc2C)c1P(=O)(c1ccccc1)c1ccccc1. The average Bonchev–Trinajstić information content (AvgIpc) is 3.28. The molecule has 0 bridgehead atoms. The highest BCUT2D eigenvalue weighted by atomic mass is 31.2. The second kappa shape index (κ2) is 17.3. The van der Waals surface area contributed by atoms with Crippen molar-refractivity contribution in [1.82, 2.24) is 0 Å². The highest BCUT2D eigenvalue weighted by Gasteiger charge is 2.43. The van der Waals surface area contributed by atoms with Crippen molar-refractivity contribution < 1.29 is 18.6 Å². The van der Waals surface area contributed by atoms with E-state index in [2.05, 4.69) is 77.9 Å². The van der Waals surface area contributed by atoms with Crippen LogP contribution in [0.1, 0.15) is 33.4 Å². The minimum absolute atomic E-state index is 0.486. The van der Waals surface area contributed by atoms with E-state index >= 15 is 9.13 Å². The number of methoxy groups -OCH3 is 2. The van der Waals surface area contributed by atoms with Gasteiger partial charge in [0.1, 0.15) is 11.5 Å². The molecule has 0 fully saturated rings. The predicted molar refractivity (Wildman–Crippen MR) is 263 cm³/mol. The molecule has 0 aliphatic rings. The Balaban J connectivity index is 1.71. The van der Waals surface area contributed by atoms with Crippen molar-refractivity contribution >= 4 is 46.1 Å². The van der Waals surface area contributed by atoms with Gasteiger partial charge in [0.15, 0.2) is 14.3 Å². The summed E-state index contributed by atoms with van der Waals surface area (Å²) in [6.07, 6.45) is 0. The zero-order chi connectivity index (χ0) is 43.8. The lowest BCUT2D eigenvalue weighted by Gasteiger charge is -2.32. The van der Waals surface area contributed by atoms with Gasteiger partial charge in [0, 0.05) is 43.0 Å². The summed E-state index contributed by atoms with van der Waals surface area (Å²) in [7, 11) is -4.41. The van der Waals surface area contributed by atoms with E-state index in [4.69, 9.17) is 9.47 Å². The Morgan fingerprint density at radius 2 is 0.597 bits per heavy atom. The van der Waals surface area contributed by atoms with Gasteiger partial charge in [0.05, 0.1) is 14.2 Å². The molecular weight excluding hydrogens is 799 g/mol. The molecule has 62 heavy (non-hydrogen) atoms. The summed E-state index contributed by atoms with van der Waals surface area (Å²) in [5.41, 5.74) is 11.2. The summed E-state index contributed by atoms with van der Waals surface area (Å²) in [6.45, 7) is 12.7. The number of benzene rings is 8. The van der Waals surface area contributed by atoms with Crippen LogP contribution in [0.3, 0.4) is 0 Å². The van der Waals surface area contributed by atoms with Gasteiger partial charge >= 0.3 is 0 Å². The predicted octanol–water partition coefficient (Wildman–Crippen LogP) is 11.8. The summed E-state index contributed by atoms with van der Waals surface area (Å²) in [6, 6.07) is 55.8. The third-order valence-electron chi connectivity index (χ3n) is 12.0. The van der Waals surface area contributed by atoms with Crippen molar-refractivity contribution in [2.45, 2.75) is 41.5 Å². The fourth-order valence-electron chi connectivity index (χ4n) is 9.60. The molecule has 0 amide bonds. The van der Waals surface area contributed by atoms with Crippen LogP contribution in [-0.2, 0) is 9.13 Å². The van der Waals surface area contributed by atoms with Crippen molar-refractivity contribution in [3.8, 4) is 44.9 Å². The van der Waals surface area contributed by atoms with E-state index in [1.807, 2.05) is 133 Å². The first kappa shape index (κ1) is 42.5. The van der Waals surface area contributed by atoms with Crippen molar-refractivity contribution in [3.63, 3.8) is 0 Å². The Labute approximate surface area is 367 Å². The maximum absolute atomic E-state index is 17.4. The van der Waals surface area contributed by atoms with Gasteiger partial charge in [-0.3, -0.25) is 0 Å². The zero-order valence-corrected chi connectivity index (χ0v) is 38.5. The fraction of sp³-hybridized carbons (Fsp3) is 0.143. The van der Waals surface area contributed by atoms with Crippen LogP contribution in [-0.4, -0.2) is 14.2 Å². The van der Waals surface area contributed by atoms with Crippen molar-refractivity contribution in [3.05, 3.63) is 203 Å². The number of aryl methyl sites for hydroxylation is 6. The zero-order valence-electron chi connectivity index (χ0n) is 36.7. The highest BCUT2D eigenvalue weighted by molar-refractivity contribution is 7.86. The number of rotatable bonds is 11. The van der Waals surface area contributed by atoms with Crippen LogP contribution in [0.2, 0.25) is 0 Å². The molecular formula is C56H52O4P2. The molecule has 310 valence electrons. The Hall–Kier alpha value is -6.18. The topological polar surface area (TPSA) is 52.6 Å². The number of hydrogen-bond donors (Lipinski definition) is 0. The molecule has 0 aliphatic carbocycles. The van der Waals surface area contributed by atoms with Gasteiger partial charge in [-0.05, 0) is 110 Å². The average molecular weight is 851 g/mol. The third-order valence-corrected chi connectivity index (χ3v) is 18.3. The molecule has 8 aromatic rings. The molecule has 0 N–H and O–H groups in total. The quantitative estimate of drug-likeness (QED) is 0.122. The van der Waals surface area contributed by atoms with Crippen LogP contribution in [0.4, 0.5) is 0 Å². The summed E-state index contributed by atoms with van der Waals surface area (Å²) < 4.78 is 47.8. The summed E-state index contributed by atoms with van der Waals surface area (Å²) in [4.78, 5) is 0. The molecule has 0 saturated heterocycles. The van der Waals surface area contributed by atoms with E-state index in [-0.39, 0.29) is 0 Å². The Kier molecular flexibility index (Phi) is 11.9. The molecule has 0 heterocycles. The molecule has 8 rings (SSSR count). The lowest BCUT2D eigenvalue weighted by Crippen LogP contribution is -2.32. The van der Waals surface area contributed by atoms with Crippen LogP contribution in [0.5, 0.6) is 11.5 Å². The smallest absolute Gasteiger partial charge is 0.172 e. The van der Waals surface area contributed by atoms with Crippen molar-refractivity contribution in [2.24, 2.45) is 0 Å². The first-order valence-corrected chi connectivity index (χ1v) is 24.4. The normalized spacial score (nSPS) is 11.7. The highest BCUT2D eigenvalue weighted by Crippen LogP contribution is 2.56. The maximum Gasteiger partial charge on any atom is 0.172 e. The van der Waals surface area contributed by atoms with E-state index in [0.29, 0.717) is 54.5 Å². The van der Waals surface area contributed by atoms with Gasteiger partial charge in [-0.1, -0.05) is 157 Å². The van der Waals surface area contributed by atoms with Crippen molar-refractivity contribution in [1.29, 1.82) is 0 Å². The minimum Gasteiger partial charge on any atom is -0.496 e. The van der Waals surface area contributed by atoms with E-state index in [1.54, 1.807) is 14.2 Å². The second-order valence-electron chi connectivity index (χ2n) is 16.2. The third kappa shape index (κ3) is 7.26. The molecule has 0 aromatic heterocycles. The van der Waals surface area contributed by atoms with Crippen LogP contribution in [0.15, 0.2) is 170 Å². The fourth-order valence-corrected chi connectivity index (χ4v) is 15.7. The van der Waals surface area contributed by atoms with Gasteiger partial charge in [-0.2, -0.15) is 0 Å². The molecule has 0 radical (unpaired) electrons. The van der Waals surface area contributed by atoms with Gasteiger partial charge in [0.2, 0.25) is 0 Å². The maximum atomic E-state index is 17.4. The van der Waals surface area contributed by atoms with Crippen LogP contribution < -0.4 is 41.3 Å². The van der Waals surface area contributed by atoms with Crippen molar-refractivity contribution in [2.75, 3.05) is 14.2 Å². The molecule has 0 aliphatic heterocycles. The summed E-state index contributed by atoms with van der Waals surface area (Å²) in [5, 5.41) is 3.85.